The Morgan fingerprint density at radius 2 is 1.71 bits per heavy atom. The minimum absolute atomic E-state index is 0.0962. The van der Waals surface area contributed by atoms with Crippen LogP contribution in [-0.2, 0) is 26.5 Å². The molecule has 5 rings (SSSR count). The van der Waals surface area contributed by atoms with E-state index >= 15 is 0 Å². The number of fused-ring (bicyclic) bond motifs is 1. The monoisotopic (exact) mass is 533 g/mol. The van der Waals surface area contributed by atoms with Crippen LogP contribution >= 0.6 is 0 Å². The van der Waals surface area contributed by atoms with Gasteiger partial charge in [-0.05, 0) is 66.6 Å². The molecule has 0 aliphatic heterocycles. The molecule has 0 atom stereocenters. The summed E-state index contributed by atoms with van der Waals surface area (Å²) in [5.41, 5.74) is 4.89. The van der Waals surface area contributed by atoms with Crippen LogP contribution in [0.5, 0.6) is 5.75 Å². The summed E-state index contributed by atoms with van der Waals surface area (Å²) in [4.78, 5) is 13.5. The molecule has 1 aliphatic rings. The molecule has 10 heteroatoms. The van der Waals surface area contributed by atoms with Gasteiger partial charge >= 0.3 is 0 Å². The highest BCUT2D eigenvalue weighted by Gasteiger charge is 2.33. The highest BCUT2D eigenvalue weighted by molar-refractivity contribution is 7.91. The number of sulfone groups is 1. The lowest BCUT2D eigenvalue weighted by Gasteiger charge is -2.35. The predicted molar refractivity (Wildman–Crippen MR) is 144 cm³/mol. The summed E-state index contributed by atoms with van der Waals surface area (Å²) in [6.45, 7) is 2.16. The van der Waals surface area contributed by atoms with Crippen molar-refractivity contribution in [2.45, 2.75) is 67.1 Å². The van der Waals surface area contributed by atoms with E-state index < -0.39 is 9.84 Å². The van der Waals surface area contributed by atoms with Crippen LogP contribution in [0.2, 0.25) is 0 Å². The predicted octanol–water partition coefficient (Wildman–Crippen LogP) is 4.10. The van der Waals surface area contributed by atoms with E-state index in [9.17, 15) is 18.3 Å². The molecule has 0 spiro atoms. The molecule has 1 saturated carbocycles. The lowest BCUT2D eigenvalue weighted by Crippen LogP contribution is -2.30. The van der Waals surface area contributed by atoms with Crippen molar-refractivity contribution in [3.05, 3.63) is 71.8 Å². The Balaban J connectivity index is 1.59. The zero-order valence-corrected chi connectivity index (χ0v) is 22.0. The zero-order chi connectivity index (χ0) is 26.9. The van der Waals surface area contributed by atoms with Gasteiger partial charge in [0.15, 0.2) is 0 Å². The Labute approximate surface area is 221 Å². The average Bonchev–Trinajstić information content (AvgIpc) is 3.36. The summed E-state index contributed by atoms with van der Waals surface area (Å²) in [6.07, 6.45) is 5.84. The number of carbonyl (C=O) groups is 1. The van der Waals surface area contributed by atoms with Gasteiger partial charge in [-0.1, -0.05) is 50.5 Å². The fourth-order valence-electron chi connectivity index (χ4n) is 5.27. The number of nitrogens with one attached hydrogen (secondary N) is 1. The third-order valence-corrected chi connectivity index (χ3v) is 9.26. The van der Waals surface area contributed by atoms with Gasteiger partial charge in [0, 0.05) is 12.0 Å². The molecule has 198 valence electrons. The van der Waals surface area contributed by atoms with Crippen LogP contribution in [0.3, 0.4) is 0 Å². The van der Waals surface area contributed by atoms with Gasteiger partial charge in [0.25, 0.3) is 0 Å². The molecule has 4 N–H and O–H groups in total. The number of amides is 1. The molecule has 1 aliphatic carbocycles. The topological polar surface area (TPSA) is 140 Å². The van der Waals surface area contributed by atoms with Gasteiger partial charge in [-0.15, -0.1) is 15.0 Å². The van der Waals surface area contributed by atoms with Crippen LogP contribution in [0.25, 0.3) is 16.7 Å². The Hall–Kier alpha value is -3.76. The molecule has 0 saturated heterocycles. The number of nitrogens with zero attached hydrogens (tertiary/aromatic N) is 3. The van der Waals surface area contributed by atoms with Gasteiger partial charge in [0.2, 0.25) is 15.7 Å². The van der Waals surface area contributed by atoms with Gasteiger partial charge in [0.05, 0.1) is 9.79 Å². The first-order valence-electron chi connectivity index (χ1n) is 12.7. The summed E-state index contributed by atoms with van der Waals surface area (Å²) in [6, 6.07) is 16.6. The van der Waals surface area contributed by atoms with E-state index in [0.29, 0.717) is 23.1 Å². The Morgan fingerprint density at radius 1 is 1.00 bits per heavy atom. The molecule has 38 heavy (non-hydrogen) atoms. The fraction of sp³-hybridized carbons (Fsp3) is 0.321. The van der Waals surface area contributed by atoms with Crippen molar-refractivity contribution in [1.82, 2.24) is 20.4 Å². The van der Waals surface area contributed by atoms with Crippen LogP contribution in [-0.4, -0.2) is 34.4 Å². The van der Waals surface area contributed by atoms with Crippen molar-refractivity contribution in [1.29, 1.82) is 0 Å². The standard InChI is InChI=1S/C28H31N5O4S/c1-28(14-6-3-7-15-28)22-16-19(10-13-26(34)30-29)17-25(27(22)35)33-31-23-12-11-21(18-24(23)32-33)38(36,37)20-8-4-2-5-9-20/h2,4-5,8-9,11-12,16-18,35H,3,6-7,10,13-15,29H2,1H3,(H,30,34). The van der Waals surface area contributed by atoms with Crippen LogP contribution in [0.4, 0.5) is 0 Å². The van der Waals surface area contributed by atoms with E-state index in [1.165, 1.54) is 23.4 Å². The number of phenolic OH excluding ortho intramolecular Hbond substituents is 1. The van der Waals surface area contributed by atoms with Gasteiger partial charge in [-0.25, -0.2) is 14.3 Å². The lowest BCUT2D eigenvalue weighted by molar-refractivity contribution is -0.121. The van der Waals surface area contributed by atoms with Crippen molar-refractivity contribution in [3.63, 3.8) is 0 Å². The molecular formula is C28H31N5O4S. The summed E-state index contributed by atoms with van der Waals surface area (Å²) in [5.74, 6) is 5.08. The third-order valence-electron chi connectivity index (χ3n) is 7.49. The van der Waals surface area contributed by atoms with E-state index in [2.05, 4.69) is 22.5 Å². The molecule has 3 aromatic carbocycles. The highest BCUT2D eigenvalue weighted by Crippen LogP contribution is 2.45. The van der Waals surface area contributed by atoms with Crippen molar-refractivity contribution >= 4 is 26.8 Å². The van der Waals surface area contributed by atoms with Gasteiger partial charge < -0.3 is 5.11 Å². The largest absolute Gasteiger partial charge is 0.505 e. The SMILES string of the molecule is CC1(c2cc(CCC(=O)NN)cc(-n3nc4ccc(S(=O)(=O)c5ccccc5)cc4n3)c2O)CCCCC1. The fourth-order valence-corrected chi connectivity index (χ4v) is 6.57. The maximum atomic E-state index is 13.1. The van der Waals surface area contributed by atoms with Crippen LogP contribution in [0.1, 0.15) is 56.6 Å². The molecule has 1 fully saturated rings. The molecule has 0 unspecified atom stereocenters. The zero-order valence-electron chi connectivity index (χ0n) is 21.2. The first-order chi connectivity index (χ1) is 18.2. The summed E-state index contributed by atoms with van der Waals surface area (Å²) < 4.78 is 26.2. The number of aromatic nitrogens is 3. The summed E-state index contributed by atoms with van der Waals surface area (Å²) >= 11 is 0. The molecule has 1 heterocycles. The van der Waals surface area contributed by atoms with Crippen LogP contribution in [0, 0.1) is 0 Å². The maximum absolute atomic E-state index is 13.1. The van der Waals surface area contributed by atoms with E-state index in [1.54, 1.807) is 42.5 Å². The smallest absolute Gasteiger partial charge is 0.234 e. The number of rotatable bonds is 7. The minimum Gasteiger partial charge on any atom is -0.505 e. The Kier molecular flexibility index (Phi) is 6.93. The Bertz CT molecular complexity index is 1590. The number of nitrogens with two attached hydrogens (primary N) is 1. The van der Waals surface area contributed by atoms with Crippen molar-refractivity contribution in [2.24, 2.45) is 5.84 Å². The number of hydrogen-bond donors (Lipinski definition) is 3. The molecule has 1 aromatic heterocycles. The molecular weight excluding hydrogens is 502 g/mol. The highest BCUT2D eigenvalue weighted by atomic mass is 32.2. The molecule has 9 nitrogen and oxygen atoms in total. The number of aromatic hydroxyl groups is 1. The lowest BCUT2D eigenvalue weighted by atomic mass is 9.70. The third kappa shape index (κ3) is 4.89. The summed E-state index contributed by atoms with van der Waals surface area (Å²) in [5, 5.41) is 20.6. The number of hydrogen-bond acceptors (Lipinski definition) is 7. The van der Waals surface area contributed by atoms with Gasteiger partial charge in [-0.2, -0.15) is 0 Å². The molecule has 1 amide bonds. The molecule has 4 aromatic rings. The van der Waals surface area contributed by atoms with E-state index in [1.807, 2.05) is 6.07 Å². The van der Waals surface area contributed by atoms with Crippen molar-refractivity contribution < 1.29 is 18.3 Å². The molecule has 0 radical (unpaired) electrons. The minimum atomic E-state index is -3.72. The normalized spacial score (nSPS) is 15.4. The second-order valence-electron chi connectivity index (χ2n) is 10.2. The number of aryl methyl sites for hydroxylation is 1. The Morgan fingerprint density at radius 3 is 2.42 bits per heavy atom. The van der Waals surface area contributed by atoms with Crippen molar-refractivity contribution in [3.8, 4) is 11.4 Å². The quantitative estimate of drug-likeness (QED) is 0.185. The summed E-state index contributed by atoms with van der Waals surface area (Å²) in [7, 11) is -3.72. The van der Waals surface area contributed by atoms with E-state index in [0.717, 1.165) is 36.8 Å². The second kappa shape index (κ2) is 10.2. The first kappa shape index (κ1) is 25.9. The number of benzene rings is 3. The first-order valence-corrected chi connectivity index (χ1v) is 14.2. The van der Waals surface area contributed by atoms with Gasteiger partial charge in [0.1, 0.15) is 22.5 Å². The van der Waals surface area contributed by atoms with Crippen LogP contribution < -0.4 is 11.3 Å². The second-order valence-corrected chi connectivity index (χ2v) is 12.1. The van der Waals surface area contributed by atoms with E-state index in [-0.39, 0.29) is 33.3 Å². The molecule has 0 bridgehead atoms. The van der Waals surface area contributed by atoms with E-state index in [4.69, 9.17) is 5.84 Å². The maximum Gasteiger partial charge on any atom is 0.234 e. The van der Waals surface area contributed by atoms with Crippen LogP contribution in [0.15, 0.2) is 70.5 Å². The van der Waals surface area contributed by atoms with Crippen molar-refractivity contribution in [2.75, 3.05) is 0 Å². The number of hydrazine groups is 1. The number of phenols is 1. The van der Waals surface area contributed by atoms with Gasteiger partial charge in [-0.3, -0.25) is 10.2 Å². The average molecular weight is 534 g/mol. The number of carbonyl (C=O) groups excluding carboxylic acids is 1.